The number of hydrogen-bond donors (Lipinski definition) is 10. The van der Waals surface area contributed by atoms with E-state index >= 15 is 0 Å². The Kier molecular flexibility index (Phi) is 11.8. The molecular formula is C23H34N8O6S. The Morgan fingerprint density at radius 2 is 1.63 bits per heavy atom. The minimum Gasteiger partial charge on any atom is -0.480 e. The number of aliphatic hydroxyl groups excluding tert-OH is 1. The molecule has 0 aliphatic heterocycles. The summed E-state index contributed by atoms with van der Waals surface area (Å²) in [5.41, 5.74) is 17.7. The molecule has 0 spiro atoms. The van der Waals surface area contributed by atoms with E-state index in [0.717, 1.165) is 10.9 Å². The molecular weight excluding hydrogens is 516 g/mol. The summed E-state index contributed by atoms with van der Waals surface area (Å²) in [7, 11) is 0. The summed E-state index contributed by atoms with van der Waals surface area (Å²) in [6.07, 6.45) is 2.01. The number of carbonyl (C=O) groups excluding carboxylic acids is 3. The van der Waals surface area contributed by atoms with Crippen molar-refractivity contribution in [1.82, 2.24) is 20.9 Å². The monoisotopic (exact) mass is 550 g/mol. The van der Waals surface area contributed by atoms with Crippen molar-refractivity contribution in [2.75, 3.05) is 18.9 Å². The topological polar surface area (TPSA) is 251 Å². The van der Waals surface area contributed by atoms with E-state index in [1.807, 2.05) is 18.2 Å². The summed E-state index contributed by atoms with van der Waals surface area (Å²) in [4.78, 5) is 56.8. The van der Waals surface area contributed by atoms with Crippen molar-refractivity contribution < 1.29 is 29.4 Å². The maximum Gasteiger partial charge on any atom is 0.326 e. The number of benzene rings is 1. The molecule has 0 saturated carbocycles. The number of para-hydroxylation sites is 1. The maximum absolute atomic E-state index is 12.9. The van der Waals surface area contributed by atoms with E-state index in [1.165, 1.54) is 0 Å². The number of aromatic amines is 1. The number of carboxylic acids is 1. The van der Waals surface area contributed by atoms with E-state index in [4.69, 9.17) is 17.2 Å². The third kappa shape index (κ3) is 8.93. The Morgan fingerprint density at radius 3 is 2.26 bits per heavy atom. The second-order valence-corrected chi connectivity index (χ2v) is 8.87. The van der Waals surface area contributed by atoms with Crippen molar-refractivity contribution in [3.8, 4) is 0 Å². The van der Waals surface area contributed by atoms with Gasteiger partial charge in [-0.15, -0.1) is 0 Å². The van der Waals surface area contributed by atoms with Crippen LogP contribution in [0, 0.1) is 0 Å². The largest absolute Gasteiger partial charge is 0.480 e. The van der Waals surface area contributed by atoms with Gasteiger partial charge in [0.2, 0.25) is 17.7 Å². The predicted molar refractivity (Wildman–Crippen MR) is 144 cm³/mol. The Hall–Kier alpha value is -3.82. The first-order chi connectivity index (χ1) is 18.1. The van der Waals surface area contributed by atoms with Crippen LogP contribution in [-0.4, -0.2) is 87.9 Å². The molecule has 12 N–H and O–H groups in total. The van der Waals surface area contributed by atoms with Gasteiger partial charge in [-0.25, -0.2) is 4.79 Å². The number of carboxylic acid groups (broad SMARTS) is 1. The lowest BCUT2D eigenvalue weighted by molar-refractivity contribution is -0.142. The number of nitrogens with two attached hydrogens (primary N) is 3. The van der Waals surface area contributed by atoms with Crippen LogP contribution < -0.4 is 33.2 Å². The number of carbonyl (C=O) groups is 4. The fraction of sp³-hybridized carbons (Fsp3) is 0.435. The number of fused-ring (bicyclic) bond motifs is 1. The molecule has 15 heteroatoms. The molecule has 2 aromatic rings. The highest BCUT2D eigenvalue weighted by atomic mass is 32.1. The van der Waals surface area contributed by atoms with Crippen molar-refractivity contribution in [3.63, 3.8) is 0 Å². The molecule has 0 bridgehead atoms. The lowest BCUT2D eigenvalue weighted by Gasteiger charge is -2.24. The SMILES string of the molecule is NC(N)=NCCCC(NC(=O)C(N)CS)C(=O)NC(CO)C(=O)NC(Cc1c[nH]c2ccccc12)C(=O)O. The van der Waals surface area contributed by atoms with Crippen LogP contribution in [0.4, 0.5) is 0 Å². The average Bonchev–Trinajstić information content (AvgIpc) is 3.30. The van der Waals surface area contributed by atoms with E-state index in [1.54, 1.807) is 12.3 Å². The highest BCUT2D eigenvalue weighted by molar-refractivity contribution is 7.80. The van der Waals surface area contributed by atoms with E-state index in [0.29, 0.717) is 12.0 Å². The zero-order valence-electron chi connectivity index (χ0n) is 20.6. The molecule has 0 radical (unpaired) electrons. The number of aliphatic hydroxyl groups is 1. The van der Waals surface area contributed by atoms with Crippen LogP contribution in [-0.2, 0) is 25.6 Å². The predicted octanol–water partition coefficient (Wildman–Crippen LogP) is -2.45. The van der Waals surface area contributed by atoms with E-state index in [9.17, 15) is 29.4 Å². The lowest BCUT2D eigenvalue weighted by atomic mass is 10.0. The van der Waals surface area contributed by atoms with Crippen LogP contribution in [0.2, 0.25) is 0 Å². The van der Waals surface area contributed by atoms with E-state index in [2.05, 4.69) is 38.6 Å². The molecule has 4 atom stereocenters. The minimum absolute atomic E-state index is 0.0306. The highest BCUT2D eigenvalue weighted by Crippen LogP contribution is 2.19. The molecule has 0 aliphatic rings. The van der Waals surface area contributed by atoms with Crippen molar-refractivity contribution in [1.29, 1.82) is 0 Å². The summed E-state index contributed by atoms with van der Waals surface area (Å²) >= 11 is 3.97. The molecule has 0 fully saturated rings. The van der Waals surface area contributed by atoms with Crippen LogP contribution in [0.15, 0.2) is 35.5 Å². The molecule has 0 aliphatic carbocycles. The van der Waals surface area contributed by atoms with Gasteiger partial charge in [-0.05, 0) is 24.5 Å². The average molecular weight is 551 g/mol. The number of guanidine groups is 1. The molecule has 1 aromatic carbocycles. The number of aliphatic imine (C=N–C) groups is 1. The normalized spacial score (nSPS) is 14.1. The van der Waals surface area contributed by atoms with Crippen LogP contribution in [0.25, 0.3) is 10.9 Å². The molecule has 3 amide bonds. The number of aliphatic carboxylic acids is 1. The quantitative estimate of drug-likeness (QED) is 0.0488. The lowest BCUT2D eigenvalue weighted by Crippen LogP contribution is -2.58. The molecule has 1 heterocycles. The fourth-order valence-electron chi connectivity index (χ4n) is 3.59. The standard InChI is InChI=1S/C23H34N8O6S/c24-14(11-38)19(33)29-16(6-3-7-27-23(25)26)20(34)31-18(10-32)21(35)30-17(22(36)37)8-12-9-28-15-5-2-1-4-13(12)15/h1-2,4-5,9,14,16-18,28,32,38H,3,6-8,10-11,24H2,(H,29,33)(H,30,35)(H,31,34)(H,36,37)(H4,25,26,27). The number of thiol groups is 1. The zero-order valence-corrected chi connectivity index (χ0v) is 21.5. The van der Waals surface area contributed by atoms with Crippen molar-refractivity contribution >= 4 is 53.2 Å². The summed E-state index contributed by atoms with van der Waals surface area (Å²) in [5.74, 6) is -3.74. The van der Waals surface area contributed by atoms with Gasteiger partial charge >= 0.3 is 5.97 Å². The fourth-order valence-corrected chi connectivity index (χ4v) is 3.76. The van der Waals surface area contributed by atoms with Crippen LogP contribution in [0.1, 0.15) is 18.4 Å². The first-order valence-electron chi connectivity index (χ1n) is 11.8. The summed E-state index contributed by atoms with van der Waals surface area (Å²) in [6, 6.07) is 2.35. The summed E-state index contributed by atoms with van der Waals surface area (Å²) in [5, 5.41) is 27.4. The summed E-state index contributed by atoms with van der Waals surface area (Å²) in [6.45, 7) is -0.638. The van der Waals surface area contributed by atoms with Crippen molar-refractivity contribution in [3.05, 3.63) is 36.0 Å². The third-order valence-electron chi connectivity index (χ3n) is 5.64. The van der Waals surface area contributed by atoms with Gasteiger partial charge in [0.25, 0.3) is 0 Å². The van der Waals surface area contributed by atoms with Gasteiger partial charge in [0.15, 0.2) is 5.96 Å². The van der Waals surface area contributed by atoms with Crippen molar-refractivity contribution in [2.24, 2.45) is 22.2 Å². The van der Waals surface area contributed by atoms with Gasteiger partial charge in [-0.1, -0.05) is 18.2 Å². The third-order valence-corrected chi connectivity index (χ3v) is 6.03. The van der Waals surface area contributed by atoms with Gasteiger partial charge < -0.3 is 48.3 Å². The van der Waals surface area contributed by atoms with Crippen LogP contribution in [0.5, 0.6) is 0 Å². The van der Waals surface area contributed by atoms with Gasteiger partial charge in [0, 0.05) is 35.8 Å². The van der Waals surface area contributed by atoms with E-state index in [-0.39, 0.29) is 31.1 Å². The van der Waals surface area contributed by atoms with Gasteiger partial charge in [-0.3, -0.25) is 19.4 Å². The van der Waals surface area contributed by atoms with Crippen LogP contribution in [0.3, 0.4) is 0 Å². The molecule has 0 saturated heterocycles. The van der Waals surface area contributed by atoms with Crippen molar-refractivity contribution in [2.45, 2.75) is 43.4 Å². The second-order valence-electron chi connectivity index (χ2n) is 8.51. The van der Waals surface area contributed by atoms with Crippen LogP contribution >= 0.6 is 12.6 Å². The molecule has 14 nitrogen and oxygen atoms in total. The molecule has 4 unspecified atom stereocenters. The number of nitrogens with one attached hydrogen (secondary N) is 4. The number of hydrogen-bond acceptors (Lipinski definition) is 8. The zero-order chi connectivity index (χ0) is 28.2. The molecule has 1 aromatic heterocycles. The van der Waals surface area contributed by atoms with Gasteiger partial charge in [0.05, 0.1) is 12.6 Å². The first kappa shape index (κ1) is 30.4. The Balaban J connectivity index is 2.09. The Morgan fingerprint density at radius 1 is 1.00 bits per heavy atom. The summed E-state index contributed by atoms with van der Waals surface area (Å²) < 4.78 is 0. The number of rotatable bonds is 15. The molecule has 208 valence electrons. The molecule has 2 rings (SSSR count). The van der Waals surface area contributed by atoms with E-state index < -0.39 is 54.5 Å². The number of nitrogens with zero attached hydrogens (tertiary/aromatic N) is 1. The smallest absolute Gasteiger partial charge is 0.326 e. The van der Waals surface area contributed by atoms with Gasteiger partial charge in [0.1, 0.15) is 18.1 Å². The maximum atomic E-state index is 12.9. The second kappa shape index (κ2) is 14.8. The molecule has 38 heavy (non-hydrogen) atoms. The number of aromatic nitrogens is 1. The minimum atomic E-state index is -1.48. The Labute approximate surface area is 224 Å². The number of H-pyrrole nitrogens is 1. The Bertz CT molecular complexity index is 1150. The highest BCUT2D eigenvalue weighted by Gasteiger charge is 2.30. The first-order valence-corrected chi connectivity index (χ1v) is 12.4. The van der Waals surface area contributed by atoms with Gasteiger partial charge in [-0.2, -0.15) is 12.6 Å². The number of amides is 3.